The summed E-state index contributed by atoms with van der Waals surface area (Å²) in [7, 11) is 1.50. The zero-order chi connectivity index (χ0) is 31.1. The number of methoxy groups -OCH3 is 1. The van der Waals surface area contributed by atoms with Gasteiger partial charge in [0, 0.05) is 0 Å². The Morgan fingerprint density at radius 3 is 2.37 bits per heavy atom. The molecule has 3 aromatic carbocycles. The molecule has 0 radical (unpaired) electrons. The van der Waals surface area contributed by atoms with Gasteiger partial charge in [-0.05, 0) is 71.0 Å². The standard InChI is InChI=1S/C34H32F4N2O3/c1-22-18-26(23(2)19-29(43-3)10-7-17-35)13-14-27(22)20-24-11-15-28(16-12-24)40-30(21-31(41)42)32(25-8-5-4-6-9-25)33(39-40)34(36,37)38/h4-16,18-19,30,32H,2,17,20-21H2,1,3H3,(H,41,42)/b10-7-,29-19+. The largest absolute Gasteiger partial charge is 0.497 e. The summed E-state index contributed by atoms with van der Waals surface area (Å²) in [5, 5.41) is 14.7. The van der Waals surface area contributed by atoms with Crippen LogP contribution >= 0.6 is 0 Å². The van der Waals surface area contributed by atoms with Crippen molar-refractivity contribution in [2.45, 2.75) is 37.9 Å². The van der Waals surface area contributed by atoms with Crippen molar-refractivity contribution in [3.63, 3.8) is 0 Å². The van der Waals surface area contributed by atoms with Gasteiger partial charge in [0.2, 0.25) is 0 Å². The van der Waals surface area contributed by atoms with E-state index in [4.69, 9.17) is 4.74 Å². The first-order chi connectivity index (χ1) is 20.5. The molecule has 0 aliphatic carbocycles. The van der Waals surface area contributed by atoms with Crippen molar-refractivity contribution in [1.29, 1.82) is 0 Å². The van der Waals surface area contributed by atoms with Crippen molar-refractivity contribution >= 4 is 22.9 Å². The maximum atomic E-state index is 14.1. The smallest absolute Gasteiger partial charge is 0.431 e. The van der Waals surface area contributed by atoms with Crippen LogP contribution in [-0.2, 0) is 16.0 Å². The molecule has 1 aliphatic heterocycles. The first kappa shape index (κ1) is 31.3. The number of ether oxygens (including phenoxy) is 1. The first-order valence-electron chi connectivity index (χ1n) is 13.6. The molecule has 9 heteroatoms. The SMILES string of the molecule is C=C(/C=C(\C=C/CF)OC)c1ccc(Cc2ccc(N3N=C(C(F)(F)F)C(c4ccccc4)C3CC(=O)O)cc2)c(C)c1. The van der Waals surface area contributed by atoms with Gasteiger partial charge in [-0.15, -0.1) is 0 Å². The number of benzene rings is 3. The zero-order valence-electron chi connectivity index (χ0n) is 23.8. The Morgan fingerprint density at radius 2 is 1.79 bits per heavy atom. The van der Waals surface area contributed by atoms with Crippen molar-refractivity contribution in [3.8, 4) is 0 Å². The van der Waals surface area contributed by atoms with E-state index in [0.717, 1.165) is 22.3 Å². The van der Waals surface area contributed by atoms with E-state index in [9.17, 15) is 27.5 Å². The molecular weight excluding hydrogens is 560 g/mol. The molecule has 2 unspecified atom stereocenters. The summed E-state index contributed by atoms with van der Waals surface area (Å²) in [5.41, 5.74) is 4.28. The number of carboxylic acid groups (broad SMARTS) is 1. The average Bonchev–Trinajstić information content (AvgIpc) is 3.36. The Balaban J connectivity index is 1.57. The van der Waals surface area contributed by atoms with Gasteiger partial charge < -0.3 is 9.84 Å². The number of alkyl halides is 4. The van der Waals surface area contributed by atoms with E-state index in [1.54, 1.807) is 54.6 Å². The first-order valence-corrected chi connectivity index (χ1v) is 13.6. The van der Waals surface area contributed by atoms with Gasteiger partial charge in [0.25, 0.3) is 0 Å². The lowest BCUT2D eigenvalue weighted by Gasteiger charge is -2.27. The van der Waals surface area contributed by atoms with Gasteiger partial charge in [0.1, 0.15) is 12.4 Å². The lowest BCUT2D eigenvalue weighted by atomic mass is 9.86. The number of rotatable bonds is 11. The summed E-state index contributed by atoms with van der Waals surface area (Å²) < 4.78 is 60.1. The summed E-state index contributed by atoms with van der Waals surface area (Å²) in [6, 6.07) is 19.9. The maximum Gasteiger partial charge on any atom is 0.431 e. The van der Waals surface area contributed by atoms with Crippen LogP contribution in [0.25, 0.3) is 5.57 Å². The Labute approximate surface area is 248 Å². The summed E-state index contributed by atoms with van der Waals surface area (Å²) in [6.45, 7) is 5.46. The third-order valence-electron chi connectivity index (χ3n) is 7.27. The van der Waals surface area contributed by atoms with E-state index in [0.29, 0.717) is 29.0 Å². The van der Waals surface area contributed by atoms with E-state index in [1.807, 2.05) is 37.3 Å². The van der Waals surface area contributed by atoms with Crippen LogP contribution in [0, 0.1) is 6.92 Å². The van der Waals surface area contributed by atoms with E-state index in [1.165, 1.54) is 18.2 Å². The third-order valence-corrected chi connectivity index (χ3v) is 7.27. The number of halogens is 4. The highest BCUT2D eigenvalue weighted by Crippen LogP contribution is 2.42. The van der Waals surface area contributed by atoms with Crippen molar-refractivity contribution in [3.05, 3.63) is 131 Å². The second kappa shape index (κ2) is 13.5. The van der Waals surface area contributed by atoms with E-state index < -0.39 is 42.9 Å². The van der Waals surface area contributed by atoms with Crippen LogP contribution in [0.4, 0.5) is 23.2 Å². The quantitative estimate of drug-likeness (QED) is 0.139. The number of nitrogens with zero attached hydrogens (tertiary/aromatic N) is 2. The second-order valence-electron chi connectivity index (χ2n) is 10.2. The summed E-state index contributed by atoms with van der Waals surface area (Å²) in [4.78, 5) is 11.7. The van der Waals surface area contributed by atoms with Gasteiger partial charge in [-0.1, -0.05) is 73.3 Å². The van der Waals surface area contributed by atoms with Crippen molar-refractivity contribution < 1.29 is 32.2 Å². The van der Waals surface area contributed by atoms with E-state index in [-0.39, 0.29) is 0 Å². The Kier molecular flexibility index (Phi) is 9.85. The molecule has 4 rings (SSSR count). The predicted molar refractivity (Wildman–Crippen MR) is 161 cm³/mol. The molecule has 5 nitrogen and oxygen atoms in total. The lowest BCUT2D eigenvalue weighted by molar-refractivity contribution is -0.137. The number of hydrazone groups is 1. The number of carbonyl (C=O) groups is 1. The highest BCUT2D eigenvalue weighted by molar-refractivity contribution is 6.00. The van der Waals surface area contributed by atoms with Gasteiger partial charge in [-0.3, -0.25) is 9.80 Å². The van der Waals surface area contributed by atoms with Crippen LogP contribution in [0.5, 0.6) is 0 Å². The molecule has 1 aliphatic rings. The van der Waals surface area contributed by atoms with Crippen molar-refractivity contribution in [2.75, 3.05) is 18.8 Å². The number of hydrogen-bond acceptors (Lipinski definition) is 4. The molecule has 224 valence electrons. The highest BCUT2D eigenvalue weighted by atomic mass is 19.4. The molecule has 1 N–H and O–H groups in total. The predicted octanol–water partition coefficient (Wildman–Crippen LogP) is 8.02. The molecule has 0 fully saturated rings. The molecule has 0 aromatic heterocycles. The Hall–Kier alpha value is -4.66. The maximum absolute atomic E-state index is 14.1. The van der Waals surface area contributed by atoms with Gasteiger partial charge in [0.15, 0.2) is 5.71 Å². The fourth-order valence-electron chi connectivity index (χ4n) is 5.15. The number of carboxylic acids is 1. The van der Waals surface area contributed by atoms with Gasteiger partial charge >= 0.3 is 12.1 Å². The minimum atomic E-state index is -4.73. The van der Waals surface area contributed by atoms with Crippen LogP contribution in [0.1, 0.15) is 40.2 Å². The number of aliphatic carboxylic acids is 1. The molecule has 0 saturated carbocycles. The topological polar surface area (TPSA) is 62.1 Å². The van der Waals surface area contributed by atoms with Crippen molar-refractivity contribution in [2.24, 2.45) is 5.10 Å². The van der Waals surface area contributed by atoms with Gasteiger partial charge in [0.05, 0.1) is 31.2 Å². The zero-order valence-corrected chi connectivity index (χ0v) is 23.8. The van der Waals surface area contributed by atoms with Gasteiger partial charge in [-0.25, -0.2) is 4.39 Å². The highest BCUT2D eigenvalue weighted by Gasteiger charge is 2.51. The average molecular weight is 593 g/mol. The molecule has 0 saturated heterocycles. The van der Waals surface area contributed by atoms with E-state index >= 15 is 0 Å². The molecule has 0 bridgehead atoms. The molecule has 3 aromatic rings. The van der Waals surface area contributed by atoms with Crippen LogP contribution in [0.15, 0.2) is 108 Å². The molecule has 2 atom stereocenters. The third kappa shape index (κ3) is 7.60. The van der Waals surface area contributed by atoms with Crippen LogP contribution in [0.2, 0.25) is 0 Å². The molecular formula is C34H32F4N2O3. The Bertz CT molecular complexity index is 1540. The monoisotopic (exact) mass is 592 g/mol. The molecule has 0 spiro atoms. The van der Waals surface area contributed by atoms with Crippen LogP contribution in [-0.4, -0.2) is 42.8 Å². The molecule has 0 amide bonds. The molecule has 43 heavy (non-hydrogen) atoms. The molecule has 1 heterocycles. The number of allylic oxidation sites excluding steroid dienone is 4. The normalized spacial score (nSPS) is 17.3. The number of anilines is 1. The lowest BCUT2D eigenvalue weighted by Crippen LogP contribution is -2.37. The van der Waals surface area contributed by atoms with Crippen molar-refractivity contribution in [1.82, 2.24) is 0 Å². The Morgan fingerprint density at radius 1 is 1.09 bits per heavy atom. The fourth-order valence-corrected chi connectivity index (χ4v) is 5.15. The van der Waals surface area contributed by atoms with Crippen LogP contribution in [0.3, 0.4) is 0 Å². The summed E-state index contributed by atoms with van der Waals surface area (Å²) in [5.74, 6) is -1.98. The van der Waals surface area contributed by atoms with E-state index in [2.05, 4.69) is 11.7 Å². The summed E-state index contributed by atoms with van der Waals surface area (Å²) in [6.07, 6.45) is -0.0636. The summed E-state index contributed by atoms with van der Waals surface area (Å²) >= 11 is 0. The minimum Gasteiger partial charge on any atom is -0.497 e. The van der Waals surface area contributed by atoms with Gasteiger partial charge in [-0.2, -0.15) is 18.3 Å². The minimum absolute atomic E-state index is 0.357. The second-order valence-corrected chi connectivity index (χ2v) is 10.2. The fraction of sp³-hybridized carbons (Fsp3) is 0.235. The number of aryl methyl sites for hydroxylation is 1. The number of hydrogen-bond donors (Lipinski definition) is 1. The van der Waals surface area contributed by atoms with Crippen LogP contribution < -0.4 is 5.01 Å².